The molecule has 76 valence electrons. The topological polar surface area (TPSA) is 77.8 Å². The van der Waals surface area contributed by atoms with Gasteiger partial charge in [-0.1, -0.05) is 0 Å². The van der Waals surface area contributed by atoms with Crippen LogP contribution >= 0.6 is 0 Å². The van der Waals surface area contributed by atoms with Crippen molar-refractivity contribution in [3.63, 3.8) is 0 Å². The number of hydrogen-bond acceptors (Lipinski definition) is 2. The molecule has 0 spiro atoms. The Kier molecular flexibility index (Phi) is 3.25. The van der Waals surface area contributed by atoms with Gasteiger partial charge < -0.3 is 14.7 Å². The largest absolute Gasteiger partial charge is 0.475 e. The highest BCUT2D eigenvalue weighted by atomic mass is 16.4. The van der Waals surface area contributed by atoms with Crippen LogP contribution in [0.15, 0.2) is 0 Å². The number of amides is 1. The van der Waals surface area contributed by atoms with Gasteiger partial charge in [0.2, 0.25) is 0 Å². The summed E-state index contributed by atoms with van der Waals surface area (Å²) in [5, 5.41) is 17.4. The number of aliphatic carboxylic acids is 1. The lowest BCUT2D eigenvalue weighted by molar-refractivity contribution is -0.897. The summed E-state index contributed by atoms with van der Waals surface area (Å²) >= 11 is 0. The van der Waals surface area contributed by atoms with Crippen LogP contribution in [0.3, 0.4) is 0 Å². The predicted molar refractivity (Wildman–Crippen MR) is 45.2 cm³/mol. The van der Waals surface area contributed by atoms with Gasteiger partial charge in [-0.05, 0) is 0 Å². The zero-order valence-corrected chi connectivity index (χ0v) is 8.18. The molecule has 13 heavy (non-hydrogen) atoms. The Morgan fingerprint density at radius 2 is 1.62 bits per heavy atom. The molecule has 0 rings (SSSR count). The summed E-state index contributed by atoms with van der Waals surface area (Å²) in [5.41, 5.74) is 0. The molecule has 6 heteroatoms. The lowest BCUT2D eigenvalue weighted by Gasteiger charge is -2.34. The van der Waals surface area contributed by atoms with Crippen molar-refractivity contribution < 1.29 is 24.3 Å². The van der Waals surface area contributed by atoms with Gasteiger partial charge in [-0.25, -0.2) is 9.59 Å². The molecule has 0 aliphatic rings. The molecule has 0 saturated heterocycles. The van der Waals surface area contributed by atoms with Gasteiger partial charge in [-0.3, -0.25) is 4.90 Å². The zero-order valence-electron chi connectivity index (χ0n) is 8.18. The number of rotatable bonds is 3. The fourth-order valence-corrected chi connectivity index (χ4v) is 1.12. The number of nitrogens with zero attached hydrogens (tertiary/aromatic N) is 2. The molecule has 0 aromatic rings. The molecule has 1 atom stereocenters. The third-order valence-corrected chi connectivity index (χ3v) is 1.62. The maximum Gasteiger partial charge on any atom is 0.412 e. The minimum atomic E-state index is -1.25. The zero-order chi connectivity index (χ0) is 10.8. The molecule has 0 aliphatic heterocycles. The van der Waals surface area contributed by atoms with E-state index in [-0.39, 0.29) is 4.48 Å². The molecule has 6 nitrogen and oxygen atoms in total. The standard InChI is InChI=1S/C7H14N2O4/c1-8(7(12)13)5(6(10)11)9(2,3)4/h5H,1-4H3,(H-,10,11,12,13)/p+1. The number of quaternary nitrogens is 1. The smallest absolute Gasteiger partial charge is 0.412 e. The normalized spacial score (nSPS) is 13.5. The van der Waals surface area contributed by atoms with E-state index in [0.717, 1.165) is 4.90 Å². The van der Waals surface area contributed by atoms with Crippen molar-refractivity contribution in [1.82, 2.24) is 4.90 Å². The van der Waals surface area contributed by atoms with Crippen LogP contribution in [0.2, 0.25) is 0 Å². The van der Waals surface area contributed by atoms with Crippen molar-refractivity contribution in [2.75, 3.05) is 28.2 Å². The van der Waals surface area contributed by atoms with Gasteiger partial charge in [0.05, 0.1) is 21.1 Å². The van der Waals surface area contributed by atoms with Gasteiger partial charge in [0.1, 0.15) is 0 Å². The van der Waals surface area contributed by atoms with Crippen LogP contribution in [0.4, 0.5) is 4.79 Å². The molecule has 0 radical (unpaired) electrons. The Bertz CT molecular complexity index is 221. The number of carbonyl (C=O) groups is 2. The highest BCUT2D eigenvalue weighted by molar-refractivity contribution is 5.77. The molecule has 0 saturated carbocycles. The van der Waals surface area contributed by atoms with E-state index in [9.17, 15) is 9.59 Å². The summed E-state index contributed by atoms with van der Waals surface area (Å²) in [6.07, 6.45) is -2.34. The number of likely N-dealkylation sites (N-methyl/N-ethyl adjacent to an activating group) is 2. The molecular formula is C7H15N2O4+. The van der Waals surface area contributed by atoms with Crippen LogP contribution < -0.4 is 0 Å². The number of hydrogen-bond donors (Lipinski definition) is 2. The minimum absolute atomic E-state index is 0.0259. The summed E-state index contributed by atoms with van der Waals surface area (Å²) < 4.78 is 0.0259. The van der Waals surface area contributed by atoms with Crippen LogP contribution in [0.5, 0.6) is 0 Å². The molecule has 0 aromatic carbocycles. The fourth-order valence-electron chi connectivity index (χ4n) is 1.12. The van der Waals surface area contributed by atoms with Crippen molar-refractivity contribution >= 4 is 12.1 Å². The molecule has 2 N–H and O–H groups in total. The van der Waals surface area contributed by atoms with Crippen LogP contribution in [-0.4, -0.2) is 66.0 Å². The first-order chi connectivity index (χ1) is 5.68. The van der Waals surface area contributed by atoms with Crippen molar-refractivity contribution in [2.45, 2.75) is 6.17 Å². The molecule has 0 fully saturated rings. The van der Waals surface area contributed by atoms with Crippen LogP contribution in [0.25, 0.3) is 0 Å². The Labute approximate surface area is 76.6 Å². The van der Waals surface area contributed by atoms with E-state index in [1.54, 1.807) is 21.1 Å². The molecule has 0 heterocycles. The fraction of sp³-hybridized carbons (Fsp3) is 0.714. The third kappa shape index (κ3) is 2.90. The molecular weight excluding hydrogens is 176 g/mol. The highest BCUT2D eigenvalue weighted by Crippen LogP contribution is 2.07. The summed E-state index contributed by atoms with van der Waals surface area (Å²) in [5.74, 6) is -1.16. The third-order valence-electron chi connectivity index (χ3n) is 1.62. The second-order valence-electron chi connectivity index (χ2n) is 3.72. The first-order valence-electron chi connectivity index (χ1n) is 3.67. The SMILES string of the molecule is CN(C(=O)O)C(C(=O)O)[N+](C)(C)C. The van der Waals surface area contributed by atoms with Crippen molar-refractivity contribution in [3.05, 3.63) is 0 Å². The van der Waals surface area contributed by atoms with E-state index in [2.05, 4.69) is 0 Å². The van der Waals surface area contributed by atoms with E-state index in [1.165, 1.54) is 7.05 Å². The Morgan fingerprint density at radius 3 is 1.69 bits per heavy atom. The highest BCUT2D eigenvalue weighted by Gasteiger charge is 2.37. The number of carboxylic acid groups (broad SMARTS) is 2. The second kappa shape index (κ2) is 3.61. The average Bonchev–Trinajstić information content (AvgIpc) is 1.82. The van der Waals surface area contributed by atoms with E-state index < -0.39 is 18.2 Å². The summed E-state index contributed by atoms with van der Waals surface area (Å²) in [7, 11) is 6.11. The maximum atomic E-state index is 10.8. The van der Waals surface area contributed by atoms with E-state index in [0.29, 0.717) is 0 Å². The van der Waals surface area contributed by atoms with Gasteiger partial charge >= 0.3 is 12.1 Å². The minimum Gasteiger partial charge on any atom is -0.475 e. The summed E-state index contributed by atoms with van der Waals surface area (Å²) in [4.78, 5) is 22.1. The van der Waals surface area contributed by atoms with E-state index >= 15 is 0 Å². The maximum absolute atomic E-state index is 10.8. The lowest BCUT2D eigenvalue weighted by atomic mass is 10.3. The summed E-state index contributed by atoms with van der Waals surface area (Å²) in [6, 6.07) is 0. The van der Waals surface area contributed by atoms with Crippen molar-refractivity contribution in [1.29, 1.82) is 0 Å². The quantitative estimate of drug-likeness (QED) is 0.475. The van der Waals surface area contributed by atoms with Crippen molar-refractivity contribution in [2.24, 2.45) is 0 Å². The predicted octanol–water partition coefficient (Wildman–Crippen LogP) is -0.287. The second-order valence-corrected chi connectivity index (χ2v) is 3.72. The molecule has 1 amide bonds. The lowest BCUT2D eigenvalue weighted by Crippen LogP contribution is -2.59. The molecule has 0 bridgehead atoms. The Hall–Kier alpha value is -1.30. The first kappa shape index (κ1) is 11.7. The average molecular weight is 191 g/mol. The van der Waals surface area contributed by atoms with Crippen LogP contribution in [0, 0.1) is 0 Å². The monoisotopic (exact) mass is 191 g/mol. The number of carboxylic acids is 1. The Balaban J connectivity index is 4.83. The van der Waals surface area contributed by atoms with Crippen LogP contribution in [-0.2, 0) is 4.79 Å². The van der Waals surface area contributed by atoms with Gasteiger partial charge in [-0.15, -0.1) is 0 Å². The molecule has 1 unspecified atom stereocenters. The van der Waals surface area contributed by atoms with Gasteiger partial charge in [0.15, 0.2) is 0 Å². The van der Waals surface area contributed by atoms with Gasteiger partial charge in [0.25, 0.3) is 6.17 Å². The van der Waals surface area contributed by atoms with E-state index in [4.69, 9.17) is 10.2 Å². The Morgan fingerprint density at radius 1 is 1.23 bits per heavy atom. The van der Waals surface area contributed by atoms with E-state index in [1.807, 2.05) is 0 Å². The van der Waals surface area contributed by atoms with Gasteiger partial charge in [0, 0.05) is 7.05 Å². The summed E-state index contributed by atoms with van der Waals surface area (Å²) in [6.45, 7) is 0. The molecule has 0 aromatic heterocycles. The van der Waals surface area contributed by atoms with Crippen LogP contribution in [0.1, 0.15) is 0 Å². The van der Waals surface area contributed by atoms with Gasteiger partial charge in [-0.2, -0.15) is 0 Å². The molecule has 0 aliphatic carbocycles. The van der Waals surface area contributed by atoms with Crippen molar-refractivity contribution in [3.8, 4) is 0 Å². The first-order valence-corrected chi connectivity index (χ1v) is 3.67.